The molecule has 0 aromatic heterocycles. The van der Waals surface area contributed by atoms with Crippen molar-refractivity contribution in [3.8, 4) is 11.8 Å². The molecule has 1 aliphatic carbocycles. The molecule has 27 heavy (non-hydrogen) atoms. The third kappa shape index (κ3) is 4.79. The minimum Gasteiger partial charge on any atom is -0.507 e. The molecule has 2 rings (SSSR count). The van der Waals surface area contributed by atoms with E-state index in [1.165, 1.54) is 0 Å². The highest BCUT2D eigenvalue weighted by Crippen LogP contribution is 2.39. The van der Waals surface area contributed by atoms with E-state index in [2.05, 4.69) is 11.4 Å². The van der Waals surface area contributed by atoms with Gasteiger partial charge in [0.1, 0.15) is 16.9 Å². The molecule has 0 aliphatic heterocycles. The molecule has 2 N–H and O–H groups in total. The molecule has 0 radical (unpaired) electrons. The van der Waals surface area contributed by atoms with Gasteiger partial charge in [0.25, 0.3) is 5.91 Å². The third-order valence-corrected chi connectivity index (χ3v) is 5.03. The summed E-state index contributed by atoms with van der Waals surface area (Å²) in [6, 6.07) is 5.63. The van der Waals surface area contributed by atoms with Crippen LogP contribution in [0.2, 0.25) is 0 Å². The summed E-state index contributed by atoms with van der Waals surface area (Å²) in [5.74, 6) is -1.04. The SMILES string of the molecule is CC(C)c1cc(C(=O)OCC(=O)N[C@@](C)(C#N)C2CC2)c(O)c(C(C)C)c1. The lowest BCUT2D eigenvalue weighted by molar-refractivity contribution is -0.125. The van der Waals surface area contributed by atoms with Crippen molar-refractivity contribution in [2.24, 2.45) is 5.92 Å². The van der Waals surface area contributed by atoms with Crippen molar-refractivity contribution in [3.05, 3.63) is 28.8 Å². The first-order chi connectivity index (χ1) is 12.6. The Balaban J connectivity index is 2.11. The number of aromatic hydroxyl groups is 1. The highest BCUT2D eigenvalue weighted by atomic mass is 16.5. The number of nitriles is 1. The maximum absolute atomic E-state index is 12.5. The third-order valence-electron chi connectivity index (χ3n) is 5.03. The second-order valence-electron chi connectivity index (χ2n) is 8.03. The van der Waals surface area contributed by atoms with E-state index in [1.54, 1.807) is 13.0 Å². The Bertz CT molecular complexity index is 775. The molecule has 0 spiro atoms. The molecule has 1 amide bonds. The molecular formula is C21H28N2O4. The summed E-state index contributed by atoms with van der Waals surface area (Å²) < 4.78 is 5.11. The molecule has 1 aliphatic rings. The van der Waals surface area contributed by atoms with Gasteiger partial charge in [-0.3, -0.25) is 4.79 Å². The molecule has 0 saturated heterocycles. The normalized spacial score (nSPS) is 15.9. The fourth-order valence-corrected chi connectivity index (χ4v) is 3.03. The van der Waals surface area contributed by atoms with E-state index in [-0.39, 0.29) is 29.1 Å². The van der Waals surface area contributed by atoms with Crippen LogP contribution in [0.3, 0.4) is 0 Å². The topological polar surface area (TPSA) is 99.4 Å². The van der Waals surface area contributed by atoms with Crippen LogP contribution in [0.4, 0.5) is 0 Å². The Morgan fingerprint density at radius 3 is 2.41 bits per heavy atom. The van der Waals surface area contributed by atoms with E-state index < -0.39 is 24.0 Å². The minimum absolute atomic E-state index is 0.0356. The number of amides is 1. The van der Waals surface area contributed by atoms with Crippen molar-refractivity contribution in [2.75, 3.05) is 6.61 Å². The summed E-state index contributed by atoms with van der Waals surface area (Å²) in [6.45, 7) is 9.05. The predicted molar refractivity (Wildman–Crippen MR) is 101 cm³/mol. The molecule has 6 heteroatoms. The molecule has 146 valence electrons. The average Bonchev–Trinajstić information content (AvgIpc) is 3.44. The van der Waals surface area contributed by atoms with Gasteiger partial charge in [-0.05, 0) is 54.7 Å². The number of hydrogen-bond acceptors (Lipinski definition) is 5. The van der Waals surface area contributed by atoms with Crippen molar-refractivity contribution in [1.29, 1.82) is 5.26 Å². The summed E-state index contributed by atoms with van der Waals surface area (Å²) in [6.07, 6.45) is 1.80. The first-order valence-electron chi connectivity index (χ1n) is 9.35. The summed E-state index contributed by atoms with van der Waals surface area (Å²) >= 11 is 0. The number of nitrogens with one attached hydrogen (secondary N) is 1. The van der Waals surface area contributed by atoms with Gasteiger partial charge >= 0.3 is 5.97 Å². The van der Waals surface area contributed by atoms with E-state index >= 15 is 0 Å². The van der Waals surface area contributed by atoms with E-state index in [9.17, 15) is 20.0 Å². The first-order valence-corrected chi connectivity index (χ1v) is 9.35. The summed E-state index contributed by atoms with van der Waals surface area (Å²) in [5.41, 5.74) is 0.707. The van der Waals surface area contributed by atoms with Gasteiger partial charge in [-0.25, -0.2) is 4.79 Å². The fourth-order valence-electron chi connectivity index (χ4n) is 3.03. The number of phenols is 1. The zero-order valence-electron chi connectivity index (χ0n) is 16.6. The average molecular weight is 372 g/mol. The molecule has 1 fully saturated rings. The maximum Gasteiger partial charge on any atom is 0.342 e. The number of nitrogens with zero attached hydrogens (tertiary/aromatic N) is 1. The Kier molecular flexibility index (Phi) is 6.15. The lowest BCUT2D eigenvalue weighted by Crippen LogP contribution is -2.48. The highest BCUT2D eigenvalue weighted by molar-refractivity contribution is 5.94. The van der Waals surface area contributed by atoms with Gasteiger partial charge in [0.2, 0.25) is 0 Å². The molecule has 1 atom stereocenters. The van der Waals surface area contributed by atoms with E-state index in [1.807, 2.05) is 33.8 Å². The van der Waals surface area contributed by atoms with Crippen LogP contribution >= 0.6 is 0 Å². The number of esters is 1. The van der Waals surface area contributed by atoms with Gasteiger partial charge in [-0.2, -0.15) is 5.26 Å². The monoisotopic (exact) mass is 372 g/mol. The second-order valence-corrected chi connectivity index (χ2v) is 8.03. The second kappa shape index (κ2) is 7.99. The standard InChI is InChI=1S/C21H28N2O4/c1-12(2)14-8-16(13(3)4)19(25)17(9-14)20(26)27-10-18(24)23-21(5,11-22)15-6-7-15/h8-9,12-13,15,25H,6-7,10H2,1-5H3,(H,23,24)/t21-/m0/s1. The van der Waals surface area contributed by atoms with Gasteiger partial charge in [-0.1, -0.05) is 33.8 Å². The fraction of sp³-hybridized carbons (Fsp3) is 0.571. The van der Waals surface area contributed by atoms with Crippen molar-refractivity contribution in [1.82, 2.24) is 5.32 Å². The van der Waals surface area contributed by atoms with Crippen LogP contribution in [0.1, 0.15) is 80.8 Å². The zero-order valence-corrected chi connectivity index (χ0v) is 16.6. The van der Waals surface area contributed by atoms with Crippen LogP contribution in [0.25, 0.3) is 0 Å². The first kappa shape index (κ1) is 20.8. The Morgan fingerprint density at radius 1 is 1.30 bits per heavy atom. The molecule has 0 heterocycles. The van der Waals surface area contributed by atoms with Crippen LogP contribution in [-0.4, -0.2) is 29.1 Å². The molecule has 0 unspecified atom stereocenters. The van der Waals surface area contributed by atoms with Crippen LogP contribution in [-0.2, 0) is 9.53 Å². The number of benzene rings is 1. The van der Waals surface area contributed by atoms with Crippen LogP contribution in [0, 0.1) is 17.2 Å². The largest absolute Gasteiger partial charge is 0.507 e. The number of carbonyl (C=O) groups is 2. The Morgan fingerprint density at radius 2 is 1.93 bits per heavy atom. The predicted octanol–water partition coefficient (Wildman–Crippen LogP) is 3.60. The summed E-state index contributed by atoms with van der Waals surface area (Å²) in [5, 5.41) is 22.4. The van der Waals surface area contributed by atoms with Crippen molar-refractivity contribution >= 4 is 11.9 Å². The number of ether oxygens (including phenoxy) is 1. The smallest absolute Gasteiger partial charge is 0.342 e. The van der Waals surface area contributed by atoms with Crippen LogP contribution in [0.15, 0.2) is 12.1 Å². The van der Waals surface area contributed by atoms with Gasteiger partial charge in [0.15, 0.2) is 6.61 Å². The highest BCUT2D eigenvalue weighted by Gasteiger charge is 2.43. The quantitative estimate of drug-likeness (QED) is 0.712. The Hall–Kier alpha value is -2.55. The number of phenolic OH excluding ortho intramolecular Hbond substituents is 1. The number of rotatable bonds is 7. The lowest BCUT2D eigenvalue weighted by Gasteiger charge is -2.22. The number of hydrogen-bond donors (Lipinski definition) is 2. The lowest BCUT2D eigenvalue weighted by atomic mass is 9.92. The molecule has 6 nitrogen and oxygen atoms in total. The molecule has 1 aromatic rings. The van der Waals surface area contributed by atoms with Crippen LogP contribution < -0.4 is 5.32 Å². The minimum atomic E-state index is -0.937. The number of carbonyl (C=O) groups excluding carboxylic acids is 2. The van der Waals surface area contributed by atoms with Gasteiger partial charge < -0.3 is 15.2 Å². The molecule has 1 saturated carbocycles. The molecule has 1 aromatic carbocycles. The van der Waals surface area contributed by atoms with E-state index in [0.29, 0.717) is 5.56 Å². The van der Waals surface area contributed by atoms with Gasteiger partial charge in [-0.15, -0.1) is 0 Å². The van der Waals surface area contributed by atoms with Gasteiger partial charge in [0.05, 0.1) is 6.07 Å². The van der Waals surface area contributed by atoms with E-state index in [4.69, 9.17) is 4.74 Å². The molecular weight excluding hydrogens is 344 g/mol. The van der Waals surface area contributed by atoms with Crippen molar-refractivity contribution in [3.63, 3.8) is 0 Å². The Labute approximate surface area is 160 Å². The van der Waals surface area contributed by atoms with E-state index in [0.717, 1.165) is 18.4 Å². The van der Waals surface area contributed by atoms with Crippen molar-refractivity contribution < 1.29 is 19.4 Å². The van der Waals surface area contributed by atoms with Gasteiger partial charge in [0, 0.05) is 0 Å². The zero-order chi connectivity index (χ0) is 20.4. The van der Waals surface area contributed by atoms with Crippen LogP contribution in [0.5, 0.6) is 5.75 Å². The maximum atomic E-state index is 12.5. The van der Waals surface area contributed by atoms with Crippen molar-refractivity contribution in [2.45, 2.75) is 64.8 Å². The summed E-state index contributed by atoms with van der Waals surface area (Å²) in [4.78, 5) is 24.6. The summed E-state index contributed by atoms with van der Waals surface area (Å²) in [7, 11) is 0. The molecule has 0 bridgehead atoms.